The van der Waals surface area contributed by atoms with Crippen molar-refractivity contribution in [1.29, 1.82) is 0 Å². The Hall–Kier alpha value is 0.492. The van der Waals surface area contributed by atoms with E-state index in [0.717, 1.165) is 6.54 Å². The van der Waals surface area contributed by atoms with Gasteiger partial charge < -0.3 is 0 Å². The quantitative estimate of drug-likeness (QED) is 0.475. The van der Waals surface area contributed by atoms with Crippen molar-refractivity contribution < 1.29 is 0 Å². The van der Waals surface area contributed by atoms with Crippen LogP contribution in [0.25, 0.3) is 0 Å². The molecule has 2 heteroatoms. The summed E-state index contributed by atoms with van der Waals surface area (Å²) in [6.07, 6.45) is 0. The molecule has 1 nitrogen and oxygen atoms in total. The SMILES string of the molecule is CC[NH][Al+][CH3]. The molecule has 0 unspecified atom stereocenters. The summed E-state index contributed by atoms with van der Waals surface area (Å²) >= 11 is 0.536. The van der Waals surface area contributed by atoms with E-state index in [9.17, 15) is 0 Å². The molecule has 0 rings (SSSR count). The van der Waals surface area contributed by atoms with Crippen LogP contribution in [0.1, 0.15) is 6.92 Å². The van der Waals surface area contributed by atoms with Crippen molar-refractivity contribution in [3.63, 3.8) is 0 Å². The van der Waals surface area contributed by atoms with Crippen molar-refractivity contribution in [2.75, 3.05) is 6.54 Å². The Morgan fingerprint density at radius 2 is 2.40 bits per heavy atom. The predicted octanol–water partition coefficient (Wildman–Crippen LogP) is 0.263. The molecule has 28 valence electrons. The molecule has 0 saturated carbocycles. The molecule has 0 aromatic carbocycles. The zero-order valence-corrected chi connectivity index (χ0v) is 4.94. The van der Waals surface area contributed by atoms with Gasteiger partial charge in [0.05, 0.1) is 0 Å². The van der Waals surface area contributed by atoms with E-state index in [4.69, 9.17) is 0 Å². The summed E-state index contributed by atoms with van der Waals surface area (Å²) in [5.41, 5.74) is 0. The van der Waals surface area contributed by atoms with Crippen LogP contribution in [0.4, 0.5) is 0 Å². The standard InChI is InChI=1S/C2H6N.CH3.Al/c1-2-3;;/h3H,2H2,1H3;1H3;/q-1;;+2. The summed E-state index contributed by atoms with van der Waals surface area (Å²) in [5.74, 6) is 2.18. The molecule has 0 bridgehead atoms. The van der Waals surface area contributed by atoms with Crippen molar-refractivity contribution in [2.24, 2.45) is 0 Å². The van der Waals surface area contributed by atoms with E-state index in [1.54, 1.807) is 0 Å². The Morgan fingerprint density at radius 1 is 1.80 bits per heavy atom. The van der Waals surface area contributed by atoms with Crippen LogP contribution in [0.15, 0.2) is 0 Å². The fourth-order valence-corrected chi connectivity index (χ4v) is 0.612. The number of hydrogen-bond donors (Lipinski definition) is 1. The van der Waals surface area contributed by atoms with E-state index in [1.807, 2.05) is 0 Å². The summed E-state index contributed by atoms with van der Waals surface area (Å²) in [5, 5.41) is 0. The van der Waals surface area contributed by atoms with Gasteiger partial charge in [-0.1, -0.05) is 0 Å². The van der Waals surface area contributed by atoms with Crippen molar-refractivity contribution in [1.82, 2.24) is 4.30 Å². The third-order valence-corrected chi connectivity index (χ3v) is 1.22. The van der Waals surface area contributed by atoms with Crippen LogP contribution < -0.4 is 4.30 Å². The minimum absolute atomic E-state index is 0.536. The van der Waals surface area contributed by atoms with E-state index in [2.05, 4.69) is 17.0 Å². The van der Waals surface area contributed by atoms with Crippen molar-refractivity contribution in [2.45, 2.75) is 12.7 Å². The molecule has 0 fully saturated rings. The molecule has 0 amide bonds. The van der Waals surface area contributed by atoms with Gasteiger partial charge in [0.15, 0.2) is 0 Å². The fraction of sp³-hybridized carbons (Fsp3) is 1.00. The normalized spacial score (nSPS) is 6.80. The fourth-order valence-electron chi connectivity index (χ4n) is 0.204. The first-order valence-corrected chi connectivity index (χ1v) is 3.66. The molecular weight excluding hydrogens is 77.0 g/mol. The average Bonchev–Trinajstić information content (AvgIpc) is 1.41. The molecule has 0 aromatic rings. The molecule has 0 aliphatic heterocycles. The first-order valence-electron chi connectivity index (χ1n) is 1.93. The van der Waals surface area contributed by atoms with Crippen LogP contribution >= 0.6 is 0 Å². The van der Waals surface area contributed by atoms with Gasteiger partial charge in [0.1, 0.15) is 0 Å². The zero-order valence-electron chi connectivity index (χ0n) is 3.78. The van der Waals surface area contributed by atoms with Crippen molar-refractivity contribution >= 4 is 15.4 Å². The van der Waals surface area contributed by atoms with Gasteiger partial charge in [0.2, 0.25) is 0 Å². The summed E-state index contributed by atoms with van der Waals surface area (Å²) in [6.45, 7) is 3.25. The Morgan fingerprint density at radius 3 is 2.40 bits per heavy atom. The molecule has 0 aromatic heterocycles. The van der Waals surface area contributed by atoms with Crippen molar-refractivity contribution in [3.05, 3.63) is 0 Å². The summed E-state index contributed by atoms with van der Waals surface area (Å²) in [7, 11) is 0. The second kappa shape index (κ2) is 4.49. The third kappa shape index (κ3) is 4.49. The van der Waals surface area contributed by atoms with E-state index in [0.29, 0.717) is 15.4 Å². The average molecular weight is 86.1 g/mol. The van der Waals surface area contributed by atoms with Crippen LogP contribution in [0.2, 0.25) is 5.79 Å². The molecule has 0 spiro atoms. The van der Waals surface area contributed by atoms with Crippen LogP contribution in [0, 0.1) is 0 Å². The molecule has 0 saturated heterocycles. The summed E-state index contributed by atoms with van der Waals surface area (Å²) in [6, 6.07) is 0. The zero-order chi connectivity index (χ0) is 4.12. The Bertz CT molecular complexity index is 14.4. The van der Waals surface area contributed by atoms with Gasteiger partial charge in [0, 0.05) is 0 Å². The molecule has 0 atom stereocenters. The molecule has 0 radical (unpaired) electrons. The van der Waals surface area contributed by atoms with Crippen LogP contribution in [0.5, 0.6) is 0 Å². The molecule has 0 aliphatic rings. The molecule has 0 aliphatic carbocycles. The first kappa shape index (κ1) is 5.49. The third-order valence-electron chi connectivity index (χ3n) is 0.408. The van der Waals surface area contributed by atoms with E-state index in [1.165, 1.54) is 0 Å². The summed E-state index contributed by atoms with van der Waals surface area (Å²) in [4.78, 5) is 0. The molecule has 5 heavy (non-hydrogen) atoms. The topological polar surface area (TPSA) is 12.0 Å². The molecular formula is C3H9AlN+. The Kier molecular flexibility index (Phi) is 4.93. The van der Waals surface area contributed by atoms with Gasteiger partial charge >= 0.3 is 39.0 Å². The van der Waals surface area contributed by atoms with Crippen LogP contribution in [-0.2, 0) is 0 Å². The Labute approximate surface area is 39.7 Å². The summed E-state index contributed by atoms with van der Waals surface area (Å²) < 4.78 is 3.19. The van der Waals surface area contributed by atoms with Crippen LogP contribution in [0.3, 0.4) is 0 Å². The van der Waals surface area contributed by atoms with Gasteiger partial charge in [-0.2, -0.15) is 0 Å². The molecule has 0 heterocycles. The van der Waals surface area contributed by atoms with Gasteiger partial charge in [-0.3, -0.25) is 0 Å². The van der Waals surface area contributed by atoms with Crippen LogP contribution in [-0.4, -0.2) is 22.0 Å². The van der Waals surface area contributed by atoms with E-state index in [-0.39, 0.29) is 0 Å². The van der Waals surface area contributed by atoms with Gasteiger partial charge in [0.25, 0.3) is 0 Å². The first-order chi connectivity index (χ1) is 2.41. The van der Waals surface area contributed by atoms with Gasteiger partial charge in [-0.15, -0.1) is 0 Å². The molecule has 1 N–H and O–H groups in total. The van der Waals surface area contributed by atoms with E-state index < -0.39 is 0 Å². The van der Waals surface area contributed by atoms with Gasteiger partial charge in [-0.25, -0.2) is 0 Å². The minimum atomic E-state index is 0.536. The predicted molar refractivity (Wildman–Crippen MR) is 25.3 cm³/mol. The second-order valence-corrected chi connectivity index (χ2v) is 1.83. The van der Waals surface area contributed by atoms with Crippen molar-refractivity contribution in [3.8, 4) is 0 Å². The Balaban J connectivity index is 2.19. The monoisotopic (exact) mass is 86.1 g/mol. The second-order valence-electron chi connectivity index (χ2n) is 0.846. The maximum atomic E-state index is 3.19. The van der Waals surface area contributed by atoms with E-state index >= 15 is 0 Å². The number of hydrogen-bond acceptors (Lipinski definition) is 1. The maximum absolute atomic E-state index is 3.19. The number of rotatable bonds is 2. The van der Waals surface area contributed by atoms with Gasteiger partial charge in [-0.05, 0) is 0 Å². The number of nitrogens with one attached hydrogen (secondary N) is 1.